The smallest absolute Gasteiger partial charge is 0.273 e. The van der Waals surface area contributed by atoms with Crippen molar-refractivity contribution in [2.45, 2.75) is 25.4 Å². The Morgan fingerprint density at radius 1 is 1.45 bits per heavy atom. The number of rotatable bonds is 3. The van der Waals surface area contributed by atoms with E-state index in [-0.39, 0.29) is 10.6 Å². The fourth-order valence-corrected chi connectivity index (χ4v) is 3.56. The summed E-state index contributed by atoms with van der Waals surface area (Å²) in [4.78, 5) is 13.1. The minimum absolute atomic E-state index is 0.164. The van der Waals surface area contributed by atoms with Crippen LogP contribution in [0.15, 0.2) is 18.2 Å². The lowest BCUT2D eigenvalue weighted by molar-refractivity contribution is -0.385. The molecule has 2 unspecified atom stereocenters. The largest absolute Gasteiger partial charge is 0.312 e. The van der Waals surface area contributed by atoms with Crippen molar-refractivity contribution in [3.63, 3.8) is 0 Å². The van der Waals surface area contributed by atoms with Crippen molar-refractivity contribution in [3.05, 3.63) is 38.9 Å². The average molecular weight is 296 g/mol. The zero-order chi connectivity index (χ0) is 14.1. The molecular formula is C14H18ClN3O2. The highest BCUT2D eigenvalue weighted by Crippen LogP contribution is 2.29. The van der Waals surface area contributed by atoms with Crippen molar-refractivity contribution < 1.29 is 4.92 Å². The molecule has 0 radical (unpaired) electrons. The van der Waals surface area contributed by atoms with Crippen molar-refractivity contribution >= 4 is 17.3 Å². The van der Waals surface area contributed by atoms with E-state index in [0.717, 1.165) is 19.6 Å². The van der Waals surface area contributed by atoms with Gasteiger partial charge in [-0.3, -0.25) is 15.0 Å². The fourth-order valence-electron chi connectivity index (χ4n) is 3.36. The molecule has 0 amide bonds. The van der Waals surface area contributed by atoms with Crippen LogP contribution in [0.3, 0.4) is 0 Å². The Bertz CT molecular complexity index is 509. The zero-order valence-electron chi connectivity index (χ0n) is 11.2. The molecule has 0 spiro atoms. The van der Waals surface area contributed by atoms with E-state index >= 15 is 0 Å². The highest BCUT2D eigenvalue weighted by Gasteiger charge is 2.34. The first-order valence-corrected chi connectivity index (χ1v) is 7.40. The molecule has 2 heterocycles. The number of halogens is 1. The second-order valence-corrected chi connectivity index (χ2v) is 6.12. The number of benzene rings is 1. The molecule has 0 aliphatic carbocycles. The number of hydrogen-bond donors (Lipinski definition) is 1. The van der Waals surface area contributed by atoms with Crippen molar-refractivity contribution in [2.75, 3.05) is 19.6 Å². The molecular weight excluding hydrogens is 278 g/mol. The monoisotopic (exact) mass is 295 g/mol. The van der Waals surface area contributed by atoms with Gasteiger partial charge in [0.25, 0.3) is 5.69 Å². The van der Waals surface area contributed by atoms with Crippen LogP contribution >= 0.6 is 11.6 Å². The summed E-state index contributed by atoms with van der Waals surface area (Å²) >= 11 is 5.98. The van der Waals surface area contributed by atoms with Gasteiger partial charge in [-0.2, -0.15) is 0 Å². The molecule has 0 saturated carbocycles. The van der Waals surface area contributed by atoms with Gasteiger partial charge in [0.2, 0.25) is 0 Å². The van der Waals surface area contributed by atoms with E-state index in [9.17, 15) is 10.1 Å². The van der Waals surface area contributed by atoms with E-state index in [2.05, 4.69) is 10.2 Å². The predicted molar refractivity (Wildman–Crippen MR) is 77.9 cm³/mol. The predicted octanol–water partition coefficient (Wildman–Crippen LogP) is 2.43. The molecule has 2 aliphatic heterocycles. The van der Waals surface area contributed by atoms with Crippen LogP contribution in [0, 0.1) is 16.0 Å². The molecule has 1 aromatic carbocycles. The molecule has 1 aromatic rings. The summed E-state index contributed by atoms with van der Waals surface area (Å²) in [5.41, 5.74) is 0.873. The summed E-state index contributed by atoms with van der Waals surface area (Å²) in [6.07, 6.45) is 2.48. The quantitative estimate of drug-likeness (QED) is 0.687. The molecule has 6 heteroatoms. The lowest BCUT2D eigenvalue weighted by Crippen LogP contribution is -2.40. The Balaban J connectivity index is 1.75. The third-order valence-electron chi connectivity index (χ3n) is 4.31. The van der Waals surface area contributed by atoms with E-state index < -0.39 is 0 Å². The van der Waals surface area contributed by atoms with Crippen molar-refractivity contribution in [1.29, 1.82) is 0 Å². The van der Waals surface area contributed by atoms with E-state index in [4.69, 9.17) is 11.6 Å². The van der Waals surface area contributed by atoms with Gasteiger partial charge in [0, 0.05) is 42.3 Å². The maximum Gasteiger partial charge on any atom is 0.273 e. The molecule has 2 atom stereocenters. The maximum absolute atomic E-state index is 11.1. The lowest BCUT2D eigenvalue weighted by atomic mass is 9.94. The fraction of sp³-hybridized carbons (Fsp3) is 0.571. The van der Waals surface area contributed by atoms with Gasteiger partial charge in [-0.25, -0.2) is 0 Å². The highest BCUT2D eigenvalue weighted by atomic mass is 35.5. The van der Waals surface area contributed by atoms with E-state index in [1.165, 1.54) is 18.9 Å². The minimum Gasteiger partial charge on any atom is -0.312 e. The number of nitro benzene ring substituents is 1. The normalized spacial score (nSPS) is 26.4. The van der Waals surface area contributed by atoms with Gasteiger partial charge in [-0.15, -0.1) is 0 Å². The molecule has 108 valence electrons. The second-order valence-electron chi connectivity index (χ2n) is 5.69. The highest BCUT2D eigenvalue weighted by molar-refractivity contribution is 6.30. The SMILES string of the molecule is O=[N+]([O-])c1ccc(Cl)cc1CN1CC2CCCNC2C1. The number of nitrogens with one attached hydrogen (secondary N) is 1. The Morgan fingerprint density at radius 3 is 3.05 bits per heavy atom. The maximum atomic E-state index is 11.1. The van der Waals surface area contributed by atoms with Crippen LogP contribution in [0.25, 0.3) is 0 Å². The Kier molecular flexibility index (Phi) is 3.92. The van der Waals surface area contributed by atoms with Crippen LogP contribution < -0.4 is 5.32 Å². The number of piperidine rings is 1. The number of hydrogen-bond acceptors (Lipinski definition) is 4. The molecule has 3 rings (SSSR count). The third-order valence-corrected chi connectivity index (χ3v) is 4.54. The van der Waals surface area contributed by atoms with Crippen LogP contribution in [0.5, 0.6) is 0 Å². The van der Waals surface area contributed by atoms with E-state index in [1.807, 2.05) is 0 Å². The lowest BCUT2D eigenvalue weighted by Gasteiger charge is -2.24. The van der Waals surface area contributed by atoms with Crippen LogP contribution in [0.2, 0.25) is 5.02 Å². The van der Waals surface area contributed by atoms with Gasteiger partial charge in [0.05, 0.1) is 4.92 Å². The first-order valence-electron chi connectivity index (χ1n) is 7.02. The molecule has 0 aromatic heterocycles. The molecule has 2 saturated heterocycles. The topological polar surface area (TPSA) is 58.4 Å². The Hall–Kier alpha value is -1.17. The number of fused-ring (bicyclic) bond motifs is 1. The Morgan fingerprint density at radius 2 is 2.30 bits per heavy atom. The molecule has 5 nitrogen and oxygen atoms in total. The van der Waals surface area contributed by atoms with Crippen molar-refractivity contribution in [2.24, 2.45) is 5.92 Å². The minimum atomic E-state index is -0.326. The number of nitrogens with zero attached hydrogens (tertiary/aromatic N) is 2. The number of likely N-dealkylation sites (tertiary alicyclic amines) is 1. The van der Waals surface area contributed by atoms with Crippen LogP contribution in [0.1, 0.15) is 18.4 Å². The van der Waals surface area contributed by atoms with Gasteiger partial charge < -0.3 is 5.32 Å². The zero-order valence-corrected chi connectivity index (χ0v) is 12.0. The summed E-state index contributed by atoms with van der Waals surface area (Å²) in [5, 5.41) is 15.2. The van der Waals surface area contributed by atoms with Crippen LogP contribution in [-0.2, 0) is 6.54 Å². The standard InChI is InChI=1S/C14H18ClN3O2/c15-12-3-4-14(18(19)20)11(6-12)8-17-7-10-2-1-5-16-13(10)9-17/h3-4,6,10,13,16H,1-2,5,7-9H2. The molecule has 2 fully saturated rings. The van der Waals surface area contributed by atoms with Gasteiger partial charge in [-0.1, -0.05) is 11.6 Å². The van der Waals surface area contributed by atoms with E-state index in [0.29, 0.717) is 29.1 Å². The molecule has 20 heavy (non-hydrogen) atoms. The first-order chi connectivity index (χ1) is 9.63. The summed E-state index contributed by atoms with van der Waals surface area (Å²) in [6.45, 7) is 3.67. The summed E-state index contributed by atoms with van der Waals surface area (Å²) in [6, 6.07) is 5.34. The van der Waals surface area contributed by atoms with Crippen molar-refractivity contribution in [1.82, 2.24) is 10.2 Å². The van der Waals surface area contributed by atoms with Crippen molar-refractivity contribution in [3.8, 4) is 0 Å². The molecule has 0 bridgehead atoms. The van der Waals surface area contributed by atoms with Gasteiger partial charge in [0.15, 0.2) is 0 Å². The average Bonchev–Trinajstić information content (AvgIpc) is 2.80. The van der Waals surface area contributed by atoms with E-state index in [1.54, 1.807) is 12.1 Å². The van der Waals surface area contributed by atoms with Gasteiger partial charge in [-0.05, 0) is 37.4 Å². The molecule has 1 N–H and O–H groups in total. The molecule has 2 aliphatic rings. The summed E-state index contributed by atoms with van der Waals surface area (Å²) < 4.78 is 0. The summed E-state index contributed by atoms with van der Waals surface area (Å²) in [7, 11) is 0. The van der Waals surface area contributed by atoms with Crippen LogP contribution in [0.4, 0.5) is 5.69 Å². The van der Waals surface area contributed by atoms with Gasteiger partial charge >= 0.3 is 0 Å². The van der Waals surface area contributed by atoms with Gasteiger partial charge in [0.1, 0.15) is 0 Å². The van der Waals surface area contributed by atoms with Crippen LogP contribution in [-0.4, -0.2) is 35.5 Å². The summed E-state index contributed by atoms with van der Waals surface area (Å²) in [5.74, 6) is 0.682. The third kappa shape index (κ3) is 2.80. The second kappa shape index (κ2) is 5.68. The Labute approximate surface area is 123 Å². The number of nitro groups is 1. The first kappa shape index (κ1) is 13.8.